The molecule has 1 aliphatic rings. The Morgan fingerprint density at radius 1 is 1.10 bits per heavy atom. The van der Waals surface area contributed by atoms with Crippen LogP contribution in [0.1, 0.15) is 25.0 Å². The first-order chi connectivity index (χ1) is 14.7. The summed E-state index contributed by atoms with van der Waals surface area (Å²) in [5.41, 5.74) is 3.02. The fourth-order valence-corrected chi connectivity index (χ4v) is 4.39. The van der Waals surface area contributed by atoms with E-state index in [4.69, 9.17) is 4.98 Å². The largest absolute Gasteiger partial charge is 0.374 e. The van der Waals surface area contributed by atoms with E-state index >= 15 is 0 Å². The van der Waals surface area contributed by atoms with E-state index in [0.29, 0.717) is 0 Å². The van der Waals surface area contributed by atoms with Crippen LogP contribution in [0.5, 0.6) is 0 Å². The Hall–Kier alpha value is -3.26. The van der Waals surface area contributed by atoms with Crippen LogP contribution in [0, 0.1) is 10.1 Å². The predicted molar refractivity (Wildman–Crippen MR) is 122 cm³/mol. The van der Waals surface area contributed by atoms with Gasteiger partial charge in [-0.15, -0.1) is 0 Å². The fourth-order valence-electron chi connectivity index (χ4n) is 3.35. The molecule has 0 saturated heterocycles. The molecule has 1 aromatic heterocycles. The normalized spacial score (nSPS) is 13.1. The van der Waals surface area contributed by atoms with Crippen LogP contribution in [-0.2, 0) is 6.42 Å². The van der Waals surface area contributed by atoms with Crippen LogP contribution in [0.25, 0.3) is 10.4 Å². The second-order valence-electron chi connectivity index (χ2n) is 7.05. The molecule has 7 nitrogen and oxygen atoms in total. The van der Waals surface area contributed by atoms with E-state index in [9.17, 15) is 10.1 Å². The monoisotopic (exact) mass is 421 g/mol. The number of aryl methyl sites for hydroxylation is 1. The maximum atomic E-state index is 11.0. The quantitative estimate of drug-likeness (QED) is 0.297. The molecule has 2 aromatic carbocycles. The first-order valence-corrected chi connectivity index (χ1v) is 10.8. The number of non-ortho nitro benzene ring substituents is 1. The first kappa shape index (κ1) is 20.0. The molecule has 2 heterocycles. The van der Waals surface area contributed by atoms with E-state index in [0.717, 1.165) is 71.6 Å². The summed E-state index contributed by atoms with van der Waals surface area (Å²) in [4.78, 5) is 20.9. The Morgan fingerprint density at radius 2 is 1.90 bits per heavy atom. The number of hydrogen-bond acceptors (Lipinski definition) is 7. The van der Waals surface area contributed by atoms with Gasteiger partial charge in [0.05, 0.1) is 21.3 Å². The molecular formula is C22H23N5O2S. The predicted octanol–water partition coefficient (Wildman–Crippen LogP) is 5.18. The van der Waals surface area contributed by atoms with Crippen LogP contribution in [0.2, 0.25) is 0 Å². The number of benzene rings is 2. The van der Waals surface area contributed by atoms with Crippen molar-refractivity contribution in [3.63, 3.8) is 0 Å². The highest BCUT2D eigenvalue weighted by atomic mass is 32.1. The van der Waals surface area contributed by atoms with Crippen molar-refractivity contribution in [1.29, 1.82) is 0 Å². The molecule has 30 heavy (non-hydrogen) atoms. The molecule has 0 atom stereocenters. The van der Waals surface area contributed by atoms with E-state index in [2.05, 4.69) is 15.6 Å². The van der Waals surface area contributed by atoms with E-state index in [-0.39, 0.29) is 10.6 Å². The maximum Gasteiger partial charge on any atom is 0.269 e. The van der Waals surface area contributed by atoms with Crippen molar-refractivity contribution < 1.29 is 4.92 Å². The van der Waals surface area contributed by atoms with Crippen molar-refractivity contribution in [1.82, 2.24) is 10.3 Å². The van der Waals surface area contributed by atoms with Gasteiger partial charge in [-0.2, -0.15) is 0 Å². The summed E-state index contributed by atoms with van der Waals surface area (Å²) in [6.07, 6.45) is 3.93. The zero-order valence-corrected chi connectivity index (χ0v) is 17.3. The smallest absolute Gasteiger partial charge is 0.269 e. The Labute approximate surface area is 179 Å². The number of anilines is 2. The van der Waals surface area contributed by atoms with E-state index in [1.165, 1.54) is 0 Å². The summed E-state index contributed by atoms with van der Waals surface area (Å²) in [5, 5.41) is 18.6. The number of thiazole rings is 1. The van der Waals surface area contributed by atoms with Crippen molar-refractivity contribution in [2.45, 2.75) is 25.7 Å². The second-order valence-corrected chi connectivity index (χ2v) is 8.05. The minimum Gasteiger partial charge on any atom is -0.374 e. The molecule has 0 fully saturated rings. The van der Waals surface area contributed by atoms with Gasteiger partial charge < -0.3 is 10.6 Å². The molecule has 0 radical (unpaired) electrons. The van der Waals surface area contributed by atoms with Gasteiger partial charge in [-0.1, -0.05) is 29.5 Å². The zero-order valence-electron chi connectivity index (χ0n) is 16.5. The molecular weight excluding hydrogens is 398 g/mol. The zero-order chi connectivity index (χ0) is 20.8. The number of aliphatic imine (C=N–C) groups is 1. The molecule has 3 aromatic rings. The molecule has 0 unspecified atom stereocenters. The lowest BCUT2D eigenvalue weighted by molar-refractivity contribution is -0.384. The lowest BCUT2D eigenvalue weighted by Crippen LogP contribution is -2.22. The van der Waals surface area contributed by atoms with Crippen molar-refractivity contribution >= 4 is 33.7 Å². The highest BCUT2D eigenvalue weighted by molar-refractivity contribution is 7.19. The van der Waals surface area contributed by atoms with E-state index in [1.807, 2.05) is 30.3 Å². The summed E-state index contributed by atoms with van der Waals surface area (Å²) < 4.78 is 0. The number of rotatable bonds is 8. The number of para-hydroxylation sites is 1. The Morgan fingerprint density at radius 3 is 2.60 bits per heavy atom. The fraction of sp³-hybridized carbons (Fsp3) is 0.273. The van der Waals surface area contributed by atoms with Crippen LogP contribution >= 0.6 is 11.3 Å². The van der Waals surface area contributed by atoms with Gasteiger partial charge in [0.2, 0.25) is 0 Å². The highest BCUT2D eigenvalue weighted by Gasteiger charge is 2.15. The van der Waals surface area contributed by atoms with Crippen molar-refractivity contribution in [3.8, 4) is 10.4 Å². The van der Waals surface area contributed by atoms with Crippen LogP contribution in [-0.4, -0.2) is 28.8 Å². The molecule has 2 N–H and O–H groups in total. The second kappa shape index (κ2) is 9.49. The van der Waals surface area contributed by atoms with Gasteiger partial charge in [-0.25, -0.2) is 4.98 Å². The molecule has 1 aliphatic heterocycles. The van der Waals surface area contributed by atoms with Gasteiger partial charge >= 0.3 is 0 Å². The molecule has 0 saturated carbocycles. The average Bonchev–Trinajstić information content (AvgIpc) is 3.42. The standard InChI is InChI=1S/C22H23N5O2S/c28-27(29)18-12-10-16(11-13-18)21-19(8-4-14-23-20-9-5-15-24-20)26-22(30-21)25-17-6-2-1-3-7-17/h1-3,6-7,10-13H,4-5,8-9,14-15H2,(H,23,24)(H,25,26). The number of nitro benzene ring substituents is 1. The van der Waals surface area contributed by atoms with Crippen LogP contribution in [0.15, 0.2) is 59.6 Å². The lowest BCUT2D eigenvalue weighted by atomic mass is 10.1. The summed E-state index contributed by atoms with van der Waals surface area (Å²) in [6, 6.07) is 16.6. The minimum absolute atomic E-state index is 0.0917. The average molecular weight is 422 g/mol. The van der Waals surface area contributed by atoms with Gasteiger partial charge in [0.25, 0.3) is 5.69 Å². The summed E-state index contributed by atoms with van der Waals surface area (Å²) in [6.45, 7) is 1.78. The summed E-state index contributed by atoms with van der Waals surface area (Å²) in [5.74, 6) is 1.11. The van der Waals surface area contributed by atoms with Crippen molar-refractivity contribution in [2.75, 3.05) is 18.4 Å². The van der Waals surface area contributed by atoms with Crippen molar-refractivity contribution in [2.24, 2.45) is 4.99 Å². The van der Waals surface area contributed by atoms with Crippen LogP contribution in [0.3, 0.4) is 0 Å². The SMILES string of the molecule is O=[N+]([O-])c1ccc(-c2sc(Nc3ccccc3)nc2CCCNC2=NCCC2)cc1. The van der Waals surface area contributed by atoms with Gasteiger partial charge in [-0.3, -0.25) is 15.1 Å². The molecule has 0 spiro atoms. The van der Waals surface area contributed by atoms with Gasteiger partial charge in [-0.05, 0) is 49.1 Å². The van der Waals surface area contributed by atoms with E-state index < -0.39 is 0 Å². The molecule has 154 valence electrons. The highest BCUT2D eigenvalue weighted by Crippen LogP contribution is 2.35. The molecule has 0 aliphatic carbocycles. The Bertz CT molecular complexity index is 1030. The van der Waals surface area contributed by atoms with E-state index in [1.54, 1.807) is 35.6 Å². The third kappa shape index (κ3) is 5.01. The summed E-state index contributed by atoms with van der Waals surface area (Å²) in [7, 11) is 0. The van der Waals surface area contributed by atoms with Crippen LogP contribution in [0.4, 0.5) is 16.5 Å². The third-order valence-corrected chi connectivity index (χ3v) is 5.92. The number of hydrogen-bond donors (Lipinski definition) is 2. The number of nitro groups is 1. The van der Waals surface area contributed by atoms with Gasteiger partial charge in [0.1, 0.15) is 0 Å². The topological polar surface area (TPSA) is 92.5 Å². The summed E-state index contributed by atoms with van der Waals surface area (Å²) >= 11 is 1.57. The number of aromatic nitrogens is 1. The number of amidine groups is 1. The Balaban J connectivity index is 1.51. The minimum atomic E-state index is -0.378. The van der Waals surface area contributed by atoms with Gasteiger partial charge in [0.15, 0.2) is 5.13 Å². The molecule has 0 bridgehead atoms. The number of nitrogens with zero attached hydrogens (tertiary/aromatic N) is 3. The molecule has 4 rings (SSSR count). The molecule has 0 amide bonds. The molecule has 8 heteroatoms. The number of nitrogens with one attached hydrogen (secondary N) is 2. The van der Waals surface area contributed by atoms with Gasteiger partial charge in [0, 0.05) is 37.3 Å². The van der Waals surface area contributed by atoms with Crippen molar-refractivity contribution in [3.05, 3.63) is 70.4 Å². The lowest BCUT2D eigenvalue weighted by Gasteiger charge is -2.06. The Kier molecular flexibility index (Phi) is 6.34. The first-order valence-electron chi connectivity index (χ1n) is 10.0. The maximum absolute atomic E-state index is 11.0. The third-order valence-electron chi connectivity index (χ3n) is 4.86. The van der Waals surface area contributed by atoms with Crippen LogP contribution < -0.4 is 10.6 Å².